The van der Waals surface area contributed by atoms with E-state index in [2.05, 4.69) is 39.7 Å². The summed E-state index contributed by atoms with van der Waals surface area (Å²) in [5.41, 5.74) is 0.282. The number of phenolic OH excluding ortho intramolecular Hbond substituents is 1. The Morgan fingerprint density at radius 2 is 1.93 bits per heavy atom. The molecular formula is C21H36IN5O2. The van der Waals surface area contributed by atoms with Gasteiger partial charge in [-0.25, -0.2) is 0 Å². The van der Waals surface area contributed by atoms with Crippen molar-refractivity contribution < 1.29 is 9.90 Å². The van der Waals surface area contributed by atoms with Gasteiger partial charge < -0.3 is 26.0 Å². The van der Waals surface area contributed by atoms with E-state index in [0.29, 0.717) is 25.0 Å². The summed E-state index contributed by atoms with van der Waals surface area (Å²) in [5, 5.41) is 19.3. The van der Waals surface area contributed by atoms with Crippen LogP contribution in [0.2, 0.25) is 0 Å². The molecule has 1 saturated heterocycles. The van der Waals surface area contributed by atoms with Crippen molar-refractivity contribution in [1.82, 2.24) is 20.9 Å². The molecular weight excluding hydrogens is 481 g/mol. The average molecular weight is 517 g/mol. The first-order valence-electron chi connectivity index (χ1n) is 10.3. The number of phenols is 1. The zero-order chi connectivity index (χ0) is 20.4. The van der Waals surface area contributed by atoms with Gasteiger partial charge in [0.1, 0.15) is 5.75 Å². The van der Waals surface area contributed by atoms with E-state index >= 15 is 0 Å². The van der Waals surface area contributed by atoms with Crippen LogP contribution in [0.4, 0.5) is 0 Å². The second-order valence-corrected chi connectivity index (χ2v) is 7.65. The highest BCUT2D eigenvalue weighted by Crippen LogP contribution is 2.15. The van der Waals surface area contributed by atoms with Crippen LogP contribution in [0.15, 0.2) is 29.3 Å². The second-order valence-electron chi connectivity index (χ2n) is 7.65. The molecule has 1 amide bonds. The van der Waals surface area contributed by atoms with Crippen LogP contribution in [0.5, 0.6) is 5.75 Å². The predicted octanol–water partition coefficient (Wildman–Crippen LogP) is 2.42. The molecule has 1 aromatic carbocycles. The third kappa shape index (κ3) is 9.20. The Kier molecular flexibility index (Phi) is 12.0. The number of piperidine rings is 1. The summed E-state index contributed by atoms with van der Waals surface area (Å²) < 4.78 is 0. The van der Waals surface area contributed by atoms with Gasteiger partial charge in [-0.1, -0.05) is 26.0 Å². The first kappa shape index (κ1) is 25.5. The molecule has 0 bridgehead atoms. The van der Waals surface area contributed by atoms with Gasteiger partial charge >= 0.3 is 0 Å². The fraction of sp³-hybridized carbons (Fsp3) is 0.619. The van der Waals surface area contributed by atoms with Gasteiger partial charge in [-0.05, 0) is 37.8 Å². The van der Waals surface area contributed by atoms with Crippen LogP contribution in [-0.4, -0.2) is 67.2 Å². The minimum Gasteiger partial charge on any atom is -0.507 e. The van der Waals surface area contributed by atoms with E-state index in [0.717, 1.165) is 45.0 Å². The first-order chi connectivity index (χ1) is 13.5. The molecule has 4 N–H and O–H groups in total. The number of rotatable bonds is 8. The van der Waals surface area contributed by atoms with Crippen LogP contribution in [0.25, 0.3) is 0 Å². The van der Waals surface area contributed by atoms with Crippen molar-refractivity contribution in [3.8, 4) is 5.75 Å². The molecule has 29 heavy (non-hydrogen) atoms. The first-order valence-corrected chi connectivity index (χ1v) is 10.3. The van der Waals surface area contributed by atoms with Crippen LogP contribution in [0.1, 0.15) is 44.0 Å². The molecule has 1 fully saturated rings. The van der Waals surface area contributed by atoms with Gasteiger partial charge in [0.25, 0.3) is 5.91 Å². The third-order valence-corrected chi connectivity index (χ3v) is 4.71. The van der Waals surface area contributed by atoms with Gasteiger partial charge in [0.2, 0.25) is 0 Å². The Morgan fingerprint density at radius 3 is 2.55 bits per heavy atom. The van der Waals surface area contributed by atoms with E-state index in [1.807, 2.05) is 6.92 Å². The zero-order valence-corrected chi connectivity index (χ0v) is 20.1. The van der Waals surface area contributed by atoms with Gasteiger partial charge in [0.15, 0.2) is 5.96 Å². The average Bonchev–Trinajstić information content (AvgIpc) is 2.66. The number of guanidine groups is 1. The van der Waals surface area contributed by atoms with E-state index in [1.165, 1.54) is 6.07 Å². The molecule has 0 aliphatic carbocycles. The molecule has 1 aliphatic rings. The molecule has 0 aromatic heterocycles. The van der Waals surface area contributed by atoms with Crippen LogP contribution in [-0.2, 0) is 0 Å². The fourth-order valence-corrected chi connectivity index (χ4v) is 3.39. The van der Waals surface area contributed by atoms with Gasteiger partial charge in [0, 0.05) is 38.8 Å². The number of nitrogens with one attached hydrogen (secondary N) is 3. The Morgan fingerprint density at radius 1 is 1.24 bits per heavy atom. The van der Waals surface area contributed by atoms with Crippen molar-refractivity contribution in [3.05, 3.63) is 29.8 Å². The van der Waals surface area contributed by atoms with Crippen molar-refractivity contribution in [2.45, 2.75) is 39.7 Å². The number of nitrogens with zero attached hydrogens (tertiary/aromatic N) is 2. The number of halogens is 1. The lowest BCUT2D eigenvalue weighted by Gasteiger charge is -2.34. The quantitative estimate of drug-likeness (QED) is 0.184. The normalized spacial score (nSPS) is 15.7. The SMILES string of the molecule is CCNC(=NCCNC(=O)c1ccccc1O)NC1CCN(CC(C)C)CC1.I. The Labute approximate surface area is 191 Å². The van der Waals surface area contributed by atoms with Crippen LogP contribution >= 0.6 is 24.0 Å². The molecule has 0 saturated carbocycles. The summed E-state index contributed by atoms with van der Waals surface area (Å²) in [4.78, 5) is 19.2. The molecule has 0 atom stereocenters. The number of carbonyl (C=O) groups excluding carboxylic acids is 1. The monoisotopic (exact) mass is 517 g/mol. The molecule has 0 spiro atoms. The molecule has 1 aromatic rings. The highest BCUT2D eigenvalue weighted by Gasteiger charge is 2.20. The minimum atomic E-state index is -0.288. The largest absolute Gasteiger partial charge is 0.507 e. The maximum absolute atomic E-state index is 12.1. The van der Waals surface area contributed by atoms with Crippen molar-refractivity contribution in [1.29, 1.82) is 0 Å². The van der Waals surface area contributed by atoms with E-state index in [9.17, 15) is 9.90 Å². The molecule has 164 valence electrons. The number of hydrogen-bond acceptors (Lipinski definition) is 4. The molecule has 7 nitrogen and oxygen atoms in total. The summed E-state index contributed by atoms with van der Waals surface area (Å²) in [5.74, 6) is 1.20. The maximum atomic E-state index is 12.1. The number of likely N-dealkylation sites (tertiary alicyclic amines) is 1. The standard InChI is InChI=1S/C21H35N5O2.HI/c1-4-22-21(25-17-9-13-26(14-10-17)15-16(2)3)24-12-11-23-20(28)18-7-5-6-8-19(18)27;/h5-8,16-17,27H,4,9-15H2,1-3H3,(H,23,28)(H2,22,24,25);1H. The molecule has 8 heteroatoms. The summed E-state index contributed by atoms with van der Waals surface area (Å²) in [6.45, 7) is 11.6. The van der Waals surface area contributed by atoms with Crippen LogP contribution < -0.4 is 16.0 Å². The molecule has 1 aliphatic heterocycles. The number of aliphatic imine (C=N–C) groups is 1. The molecule has 1 heterocycles. The van der Waals surface area contributed by atoms with E-state index in [4.69, 9.17) is 0 Å². The van der Waals surface area contributed by atoms with E-state index < -0.39 is 0 Å². The second kappa shape index (κ2) is 13.6. The third-order valence-electron chi connectivity index (χ3n) is 4.71. The number of hydrogen-bond donors (Lipinski definition) is 4. The molecule has 0 radical (unpaired) electrons. The minimum absolute atomic E-state index is 0. The van der Waals surface area contributed by atoms with E-state index in [-0.39, 0.29) is 41.2 Å². The van der Waals surface area contributed by atoms with Crippen LogP contribution in [0, 0.1) is 5.92 Å². The molecule has 2 rings (SSSR count). The lowest BCUT2D eigenvalue weighted by Crippen LogP contribution is -2.49. The van der Waals surface area contributed by atoms with Crippen molar-refractivity contribution in [3.63, 3.8) is 0 Å². The smallest absolute Gasteiger partial charge is 0.255 e. The summed E-state index contributed by atoms with van der Waals surface area (Å²) in [7, 11) is 0. The number of carbonyl (C=O) groups is 1. The number of benzene rings is 1. The Balaban J connectivity index is 0.00000420. The fourth-order valence-electron chi connectivity index (χ4n) is 3.39. The van der Waals surface area contributed by atoms with Gasteiger partial charge in [-0.3, -0.25) is 9.79 Å². The van der Waals surface area contributed by atoms with Gasteiger partial charge in [-0.15, -0.1) is 24.0 Å². The topological polar surface area (TPSA) is 89.0 Å². The number of para-hydroxylation sites is 1. The summed E-state index contributed by atoms with van der Waals surface area (Å²) in [6, 6.07) is 6.96. The van der Waals surface area contributed by atoms with Crippen molar-refractivity contribution in [2.24, 2.45) is 10.9 Å². The van der Waals surface area contributed by atoms with Gasteiger partial charge in [0.05, 0.1) is 12.1 Å². The number of amides is 1. The highest BCUT2D eigenvalue weighted by molar-refractivity contribution is 14.0. The highest BCUT2D eigenvalue weighted by atomic mass is 127. The Hall–Kier alpha value is -1.55. The lowest BCUT2D eigenvalue weighted by atomic mass is 10.0. The Bertz CT molecular complexity index is 646. The lowest BCUT2D eigenvalue weighted by molar-refractivity contribution is 0.0952. The number of aromatic hydroxyl groups is 1. The summed E-state index contributed by atoms with van der Waals surface area (Å²) >= 11 is 0. The van der Waals surface area contributed by atoms with Crippen molar-refractivity contribution >= 4 is 35.8 Å². The van der Waals surface area contributed by atoms with E-state index in [1.54, 1.807) is 18.2 Å². The van der Waals surface area contributed by atoms with Crippen molar-refractivity contribution in [2.75, 3.05) is 39.3 Å². The molecule has 0 unspecified atom stereocenters. The summed E-state index contributed by atoms with van der Waals surface area (Å²) in [6.07, 6.45) is 2.22. The van der Waals surface area contributed by atoms with Gasteiger partial charge in [-0.2, -0.15) is 0 Å². The van der Waals surface area contributed by atoms with Crippen LogP contribution in [0.3, 0.4) is 0 Å². The maximum Gasteiger partial charge on any atom is 0.255 e. The zero-order valence-electron chi connectivity index (χ0n) is 17.8. The predicted molar refractivity (Wildman–Crippen MR) is 129 cm³/mol.